The van der Waals surface area contributed by atoms with Crippen LogP contribution in [0.4, 0.5) is 11.4 Å². The Balaban J connectivity index is 1.51. The Morgan fingerprint density at radius 2 is 1.50 bits per heavy atom. The maximum atomic E-state index is 14.1. The minimum absolute atomic E-state index is 0.0334. The summed E-state index contributed by atoms with van der Waals surface area (Å²) in [7, 11) is 2.88. The third kappa shape index (κ3) is 11.2. The third-order valence-electron chi connectivity index (χ3n) is 10.5. The molecule has 0 saturated carbocycles. The van der Waals surface area contributed by atoms with E-state index in [0.29, 0.717) is 24.5 Å². The van der Waals surface area contributed by atoms with Gasteiger partial charge in [-0.1, -0.05) is 67.5 Å². The highest BCUT2D eigenvalue weighted by atomic mass is 16.5. The molecule has 3 aromatic carbocycles. The molecule has 13 heteroatoms. The molecule has 0 spiro atoms. The Labute approximate surface area is 340 Å². The first-order valence-corrected chi connectivity index (χ1v) is 19.7. The summed E-state index contributed by atoms with van der Waals surface area (Å²) in [5.41, 5.74) is 1.83. The number of hydrogen-bond acceptors (Lipinski definition) is 9. The number of ketones is 1. The van der Waals surface area contributed by atoms with Crippen molar-refractivity contribution in [1.29, 1.82) is 0 Å². The van der Waals surface area contributed by atoms with Gasteiger partial charge in [-0.15, -0.1) is 0 Å². The summed E-state index contributed by atoms with van der Waals surface area (Å²) < 4.78 is 23.0. The number of carbonyl (C=O) groups is 4. The van der Waals surface area contributed by atoms with Crippen molar-refractivity contribution in [2.45, 2.75) is 97.9 Å². The van der Waals surface area contributed by atoms with Gasteiger partial charge in [-0.3, -0.25) is 23.9 Å². The summed E-state index contributed by atoms with van der Waals surface area (Å²) in [5, 5.41) is 5.55. The van der Waals surface area contributed by atoms with E-state index in [1.54, 1.807) is 24.3 Å². The van der Waals surface area contributed by atoms with Crippen molar-refractivity contribution in [3.8, 4) is 17.2 Å². The highest BCUT2D eigenvalue weighted by molar-refractivity contribution is 6.15. The number of esters is 1. The van der Waals surface area contributed by atoms with Crippen molar-refractivity contribution in [2.75, 3.05) is 38.1 Å². The molecule has 0 aliphatic carbocycles. The van der Waals surface area contributed by atoms with Gasteiger partial charge in [0.2, 0.25) is 5.91 Å². The zero-order chi connectivity index (χ0) is 42.8. The Hall–Kier alpha value is -5.85. The second kappa shape index (κ2) is 19.5. The first-order valence-electron chi connectivity index (χ1n) is 19.7. The van der Waals surface area contributed by atoms with E-state index < -0.39 is 29.4 Å². The molecular weight excluding hydrogens is 741 g/mol. The third-order valence-corrected chi connectivity index (χ3v) is 10.5. The second-order valence-corrected chi connectivity index (χ2v) is 16.0. The summed E-state index contributed by atoms with van der Waals surface area (Å²) in [4.78, 5) is 69.5. The van der Waals surface area contributed by atoms with E-state index in [-0.39, 0.29) is 58.4 Å². The van der Waals surface area contributed by atoms with Gasteiger partial charge in [-0.05, 0) is 90.1 Å². The number of H-pyrrole nitrogens is 1. The standard InChI is InChI=1S/C45H58N4O9/c1-11-44(5,6)30-17-21-36(33(24-30)45(7,8)12-2)57-23-13-14-38(50)46-31-18-22-37(56-10)34(25-31)47-41(52)39(40(51)29-15-19-32(55-9)20-16-29)49-26-35(48-43(49)54)42(53)58-27-28(3)4/h15-22,24-26,28,39H,11-14,23,27H2,1-10H3,(H,46,50)(H,47,52)(H,48,54). The summed E-state index contributed by atoms with van der Waals surface area (Å²) >= 11 is 0. The lowest BCUT2D eigenvalue weighted by Crippen LogP contribution is -2.37. The van der Waals surface area contributed by atoms with Crippen molar-refractivity contribution in [2.24, 2.45) is 5.92 Å². The molecule has 312 valence electrons. The minimum Gasteiger partial charge on any atom is -0.497 e. The van der Waals surface area contributed by atoms with E-state index in [0.717, 1.165) is 34.9 Å². The van der Waals surface area contributed by atoms with E-state index in [9.17, 15) is 24.0 Å². The van der Waals surface area contributed by atoms with Gasteiger partial charge in [0.05, 0.1) is 33.1 Å². The molecule has 58 heavy (non-hydrogen) atoms. The van der Waals surface area contributed by atoms with Crippen molar-refractivity contribution in [1.82, 2.24) is 9.55 Å². The van der Waals surface area contributed by atoms with Gasteiger partial charge in [0.15, 0.2) is 11.8 Å². The fourth-order valence-electron chi connectivity index (χ4n) is 6.03. The maximum Gasteiger partial charge on any atom is 0.356 e. The fraction of sp³-hybridized carbons (Fsp3) is 0.444. The second-order valence-electron chi connectivity index (χ2n) is 16.0. The zero-order valence-electron chi connectivity index (χ0n) is 35.4. The molecule has 4 aromatic rings. The normalized spacial score (nSPS) is 12.1. The number of hydrogen-bond donors (Lipinski definition) is 3. The van der Waals surface area contributed by atoms with Crippen LogP contribution in [0.2, 0.25) is 0 Å². The Morgan fingerprint density at radius 1 is 0.828 bits per heavy atom. The SMILES string of the molecule is CCC(C)(C)c1ccc(OCCCC(=O)Nc2ccc(OC)c(NC(=O)C(C(=O)c3ccc(OC)cc3)n3cc(C(=O)OCC(C)C)[nH]c3=O)c2)c(C(C)(C)CC)c1. The monoisotopic (exact) mass is 798 g/mol. The molecule has 1 unspecified atom stereocenters. The number of carbonyl (C=O) groups excluding carboxylic acids is 4. The number of anilines is 2. The quantitative estimate of drug-likeness (QED) is 0.0345. The minimum atomic E-state index is -1.76. The van der Waals surface area contributed by atoms with Gasteiger partial charge < -0.3 is 29.6 Å². The predicted molar refractivity (Wildman–Crippen MR) is 225 cm³/mol. The van der Waals surface area contributed by atoms with Crippen LogP contribution in [0.1, 0.15) is 119 Å². The van der Waals surface area contributed by atoms with E-state index in [1.165, 1.54) is 38.0 Å². The van der Waals surface area contributed by atoms with Gasteiger partial charge in [0.1, 0.15) is 22.9 Å². The van der Waals surface area contributed by atoms with Crippen molar-refractivity contribution in [3.63, 3.8) is 0 Å². The number of aromatic nitrogens is 2. The average molecular weight is 799 g/mol. The maximum absolute atomic E-state index is 14.1. The van der Waals surface area contributed by atoms with Gasteiger partial charge >= 0.3 is 11.7 Å². The lowest BCUT2D eigenvalue weighted by Gasteiger charge is -2.30. The summed E-state index contributed by atoms with van der Waals surface area (Å²) in [5.74, 6) is -1.17. The van der Waals surface area contributed by atoms with Crippen LogP contribution in [0.3, 0.4) is 0 Å². The molecule has 1 heterocycles. The summed E-state index contributed by atoms with van der Waals surface area (Å²) in [6, 6.07) is 15.4. The van der Waals surface area contributed by atoms with E-state index in [4.69, 9.17) is 18.9 Å². The summed E-state index contributed by atoms with van der Waals surface area (Å²) in [6.45, 7) is 17.4. The molecule has 0 radical (unpaired) electrons. The highest BCUT2D eigenvalue weighted by Gasteiger charge is 2.33. The molecule has 3 N–H and O–H groups in total. The van der Waals surface area contributed by atoms with Crippen molar-refractivity contribution >= 4 is 34.9 Å². The van der Waals surface area contributed by atoms with Crippen LogP contribution in [-0.4, -0.2) is 60.6 Å². The van der Waals surface area contributed by atoms with Crippen LogP contribution in [0.25, 0.3) is 0 Å². The topological polar surface area (TPSA) is 167 Å². The Morgan fingerprint density at radius 3 is 2.12 bits per heavy atom. The molecule has 0 aliphatic rings. The van der Waals surface area contributed by atoms with E-state index >= 15 is 0 Å². The van der Waals surface area contributed by atoms with E-state index in [1.807, 2.05) is 19.9 Å². The van der Waals surface area contributed by atoms with Crippen LogP contribution < -0.4 is 30.5 Å². The number of imidazole rings is 1. The van der Waals surface area contributed by atoms with Crippen molar-refractivity contribution in [3.05, 3.63) is 99.7 Å². The number of benzene rings is 3. The van der Waals surface area contributed by atoms with Crippen LogP contribution >= 0.6 is 0 Å². The molecular formula is C45H58N4O9. The molecule has 4 rings (SSSR count). The number of aromatic amines is 1. The Kier molecular flexibility index (Phi) is 15.1. The number of amides is 2. The highest BCUT2D eigenvalue weighted by Crippen LogP contribution is 2.38. The number of rotatable bonds is 20. The molecule has 0 aliphatic heterocycles. The number of Topliss-reactive ketones (excluding diaryl/α,β-unsaturated/α-hetero) is 1. The number of nitrogens with zero attached hydrogens (tertiary/aromatic N) is 1. The number of ether oxygens (including phenoxy) is 4. The van der Waals surface area contributed by atoms with Crippen LogP contribution in [0.15, 0.2) is 71.7 Å². The largest absolute Gasteiger partial charge is 0.497 e. The molecule has 1 aromatic heterocycles. The predicted octanol–water partition coefficient (Wildman–Crippen LogP) is 8.24. The van der Waals surface area contributed by atoms with Crippen molar-refractivity contribution < 1.29 is 38.1 Å². The van der Waals surface area contributed by atoms with Crippen LogP contribution in [0.5, 0.6) is 17.2 Å². The van der Waals surface area contributed by atoms with Gasteiger partial charge in [0.25, 0.3) is 5.91 Å². The Bertz CT molecular complexity index is 2130. The van der Waals surface area contributed by atoms with Crippen LogP contribution in [-0.2, 0) is 25.2 Å². The first-order chi connectivity index (χ1) is 27.4. The molecule has 1 atom stereocenters. The van der Waals surface area contributed by atoms with Gasteiger partial charge in [0, 0.05) is 29.4 Å². The smallest absolute Gasteiger partial charge is 0.356 e. The fourth-order valence-corrected chi connectivity index (χ4v) is 6.03. The molecule has 2 amide bonds. The average Bonchev–Trinajstić information content (AvgIpc) is 3.59. The molecule has 0 fully saturated rings. The lowest BCUT2D eigenvalue weighted by atomic mass is 9.76. The molecule has 13 nitrogen and oxygen atoms in total. The van der Waals surface area contributed by atoms with E-state index in [2.05, 4.69) is 69.3 Å². The molecule has 0 bridgehead atoms. The number of nitrogens with one attached hydrogen (secondary N) is 3. The summed E-state index contributed by atoms with van der Waals surface area (Å²) in [6.07, 6.45) is 3.65. The molecule has 0 saturated heterocycles. The van der Waals surface area contributed by atoms with Crippen LogP contribution in [0, 0.1) is 5.92 Å². The first kappa shape index (κ1) is 44.9. The zero-order valence-corrected chi connectivity index (χ0v) is 35.4. The lowest BCUT2D eigenvalue weighted by molar-refractivity contribution is -0.118. The van der Waals surface area contributed by atoms with Gasteiger partial charge in [-0.25, -0.2) is 9.59 Å². The number of methoxy groups -OCH3 is 2. The van der Waals surface area contributed by atoms with Gasteiger partial charge in [-0.2, -0.15) is 0 Å².